The number of aromatic hydroxyl groups is 2. The molecule has 2 rings (SSSR count). The normalized spacial score (nSPS) is 20.7. The van der Waals surface area contributed by atoms with Crippen molar-refractivity contribution in [2.75, 3.05) is 11.5 Å². The fraction of sp³-hybridized carbons (Fsp3) is 0.385. The number of para-hydroxylation sites is 1. The average molecular weight is 312 g/mol. The first-order valence-electron chi connectivity index (χ1n) is 6.40. The van der Waals surface area contributed by atoms with Crippen molar-refractivity contribution >= 4 is 22.0 Å². The Bertz CT molecular complexity index is 669. The van der Waals surface area contributed by atoms with E-state index < -0.39 is 9.84 Å². The van der Waals surface area contributed by atoms with Crippen LogP contribution in [-0.4, -0.2) is 42.3 Å². The molecule has 0 aromatic heterocycles. The van der Waals surface area contributed by atoms with Gasteiger partial charge in [0.1, 0.15) is 0 Å². The summed E-state index contributed by atoms with van der Waals surface area (Å²) in [5.74, 6) is -0.978. The third-order valence-corrected chi connectivity index (χ3v) is 5.08. The molecule has 1 aliphatic rings. The molecule has 0 radical (unpaired) electrons. The van der Waals surface area contributed by atoms with Crippen LogP contribution in [0.3, 0.4) is 0 Å². The third-order valence-electron chi connectivity index (χ3n) is 3.24. The van der Waals surface area contributed by atoms with Gasteiger partial charge >= 0.3 is 0 Å². The maximum absolute atomic E-state index is 11.6. The van der Waals surface area contributed by atoms with Gasteiger partial charge in [0.25, 0.3) is 0 Å². The molecule has 1 amide bonds. The molecular weight excluding hydrogens is 296 g/mol. The zero-order chi connectivity index (χ0) is 15.5. The molecule has 8 heteroatoms. The van der Waals surface area contributed by atoms with Crippen molar-refractivity contribution in [1.29, 1.82) is 0 Å². The zero-order valence-corrected chi connectivity index (χ0v) is 12.0. The van der Waals surface area contributed by atoms with E-state index in [9.17, 15) is 23.4 Å². The van der Waals surface area contributed by atoms with Gasteiger partial charge in [-0.2, -0.15) is 5.10 Å². The van der Waals surface area contributed by atoms with Crippen LogP contribution in [-0.2, 0) is 14.6 Å². The van der Waals surface area contributed by atoms with Crippen molar-refractivity contribution in [3.05, 3.63) is 23.8 Å². The summed E-state index contributed by atoms with van der Waals surface area (Å²) in [6, 6.07) is 4.38. The van der Waals surface area contributed by atoms with Crippen LogP contribution in [0, 0.1) is 5.92 Å². The first kappa shape index (κ1) is 15.3. The Morgan fingerprint density at radius 3 is 2.86 bits per heavy atom. The summed E-state index contributed by atoms with van der Waals surface area (Å²) in [5, 5.41) is 22.5. The summed E-state index contributed by atoms with van der Waals surface area (Å²) in [6.07, 6.45) is 1.80. The Morgan fingerprint density at radius 2 is 2.19 bits per heavy atom. The van der Waals surface area contributed by atoms with Crippen LogP contribution < -0.4 is 5.43 Å². The van der Waals surface area contributed by atoms with Crippen LogP contribution in [0.5, 0.6) is 11.5 Å². The standard InChI is InChI=1S/C13H16N2O5S/c16-11-3-1-2-10(13(11)18)7-14-15-12(17)6-9-4-5-21(19,20)8-9/h1-3,7,9,16,18H,4-6,8H2,(H,15,17)/b14-7+/t9-/m0/s1. The molecule has 0 unspecified atom stereocenters. The molecule has 7 nitrogen and oxygen atoms in total. The van der Waals surface area contributed by atoms with Gasteiger partial charge in [-0.3, -0.25) is 4.79 Å². The summed E-state index contributed by atoms with van der Waals surface area (Å²) in [4.78, 5) is 11.6. The number of hydrogen-bond donors (Lipinski definition) is 3. The van der Waals surface area contributed by atoms with Crippen molar-refractivity contribution in [3.63, 3.8) is 0 Å². The number of phenols is 2. The molecule has 1 fully saturated rings. The molecule has 1 heterocycles. The number of phenolic OH excluding ortho intramolecular Hbond substituents is 2. The van der Waals surface area contributed by atoms with Gasteiger partial charge in [-0.15, -0.1) is 0 Å². The maximum atomic E-state index is 11.6. The summed E-state index contributed by atoms with van der Waals surface area (Å²) < 4.78 is 22.6. The lowest BCUT2D eigenvalue weighted by Gasteiger charge is -2.05. The highest BCUT2D eigenvalue weighted by Crippen LogP contribution is 2.26. The number of carbonyl (C=O) groups is 1. The molecule has 21 heavy (non-hydrogen) atoms. The van der Waals surface area contributed by atoms with Crippen LogP contribution in [0.1, 0.15) is 18.4 Å². The number of nitrogens with one attached hydrogen (secondary N) is 1. The van der Waals surface area contributed by atoms with Crippen molar-refractivity contribution in [2.45, 2.75) is 12.8 Å². The number of amides is 1. The topological polar surface area (TPSA) is 116 Å². The highest BCUT2D eigenvalue weighted by atomic mass is 32.2. The molecule has 1 atom stereocenters. The lowest BCUT2D eigenvalue weighted by molar-refractivity contribution is -0.121. The first-order chi connectivity index (χ1) is 9.87. The molecule has 0 aliphatic carbocycles. The molecule has 1 aromatic rings. The molecule has 0 bridgehead atoms. The van der Waals surface area contributed by atoms with Crippen LogP contribution in [0.4, 0.5) is 0 Å². The first-order valence-corrected chi connectivity index (χ1v) is 8.23. The third kappa shape index (κ3) is 4.19. The van der Waals surface area contributed by atoms with Crippen molar-refractivity contribution in [1.82, 2.24) is 5.43 Å². The quantitative estimate of drug-likeness (QED) is 0.422. The van der Waals surface area contributed by atoms with E-state index in [1.165, 1.54) is 24.4 Å². The number of nitrogens with zero attached hydrogens (tertiary/aromatic N) is 1. The van der Waals surface area contributed by atoms with Crippen LogP contribution in [0.15, 0.2) is 23.3 Å². The number of hydrogen-bond acceptors (Lipinski definition) is 6. The zero-order valence-electron chi connectivity index (χ0n) is 11.2. The van der Waals surface area contributed by atoms with Crippen LogP contribution in [0.25, 0.3) is 0 Å². The van der Waals surface area contributed by atoms with Gasteiger partial charge in [0.15, 0.2) is 21.3 Å². The molecule has 1 aromatic carbocycles. The van der Waals surface area contributed by atoms with Gasteiger partial charge in [-0.05, 0) is 24.5 Å². The Hall–Kier alpha value is -2.09. The van der Waals surface area contributed by atoms with Crippen molar-refractivity contribution < 1.29 is 23.4 Å². The van der Waals surface area contributed by atoms with Gasteiger partial charge in [0.05, 0.1) is 17.7 Å². The van der Waals surface area contributed by atoms with Crippen molar-refractivity contribution in [2.24, 2.45) is 11.0 Å². The van der Waals surface area contributed by atoms with Gasteiger partial charge in [0.2, 0.25) is 5.91 Å². The number of benzene rings is 1. The molecule has 114 valence electrons. The summed E-state index contributed by atoms with van der Waals surface area (Å²) >= 11 is 0. The van der Waals surface area contributed by atoms with E-state index in [-0.39, 0.29) is 46.8 Å². The number of rotatable bonds is 4. The number of hydrazone groups is 1. The summed E-state index contributed by atoms with van der Waals surface area (Å²) in [6.45, 7) is 0. The van der Waals surface area contributed by atoms with Gasteiger partial charge in [-0.1, -0.05) is 6.07 Å². The fourth-order valence-electron chi connectivity index (χ4n) is 2.17. The lowest BCUT2D eigenvalue weighted by Crippen LogP contribution is -2.21. The number of carbonyl (C=O) groups excluding carboxylic acids is 1. The van der Waals surface area contributed by atoms with E-state index in [0.29, 0.717) is 6.42 Å². The predicted octanol–water partition coefficient (Wildman–Crippen LogP) is 0.373. The minimum absolute atomic E-state index is 0.0392. The minimum atomic E-state index is -2.99. The molecular formula is C13H16N2O5S. The second-order valence-electron chi connectivity index (χ2n) is 4.98. The van der Waals surface area contributed by atoms with Gasteiger partial charge in [0, 0.05) is 12.0 Å². The maximum Gasteiger partial charge on any atom is 0.240 e. The Balaban J connectivity index is 1.87. The smallest absolute Gasteiger partial charge is 0.240 e. The Labute approximate surface area is 122 Å². The lowest BCUT2D eigenvalue weighted by atomic mass is 10.1. The predicted molar refractivity (Wildman–Crippen MR) is 76.9 cm³/mol. The molecule has 0 spiro atoms. The van der Waals surface area contributed by atoms with E-state index >= 15 is 0 Å². The molecule has 1 saturated heterocycles. The summed E-state index contributed by atoms with van der Waals surface area (Å²) in [7, 11) is -2.99. The highest BCUT2D eigenvalue weighted by molar-refractivity contribution is 7.91. The molecule has 3 N–H and O–H groups in total. The second-order valence-corrected chi connectivity index (χ2v) is 7.21. The Kier molecular flexibility index (Phi) is 4.46. The average Bonchev–Trinajstić information content (AvgIpc) is 2.74. The van der Waals surface area contributed by atoms with E-state index in [1.54, 1.807) is 0 Å². The number of sulfone groups is 1. The summed E-state index contributed by atoms with van der Waals surface area (Å²) in [5.41, 5.74) is 2.54. The molecule has 0 saturated carbocycles. The van der Waals surface area contributed by atoms with E-state index in [1.807, 2.05) is 0 Å². The van der Waals surface area contributed by atoms with Crippen molar-refractivity contribution in [3.8, 4) is 11.5 Å². The van der Waals surface area contributed by atoms with Gasteiger partial charge < -0.3 is 10.2 Å². The van der Waals surface area contributed by atoms with Crippen LogP contribution in [0.2, 0.25) is 0 Å². The fourth-order valence-corrected chi connectivity index (χ4v) is 4.03. The minimum Gasteiger partial charge on any atom is -0.504 e. The van der Waals surface area contributed by atoms with Gasteiger partial charge in [-0.25, -0.2) is 13.8 Å². The van der Waals surface area contributed by atoms with E-state index in [0.717, 1.165) is 0 Å². The SMILES string of the molecule is O=C(C[C@@H]1CCS(=O)(=O)C1)N/N=C/c1cccc(O)c1O. The van der Waals surface area contributed by atoms with E-state index in [2.05, 4.69) is 10.5 Å². The monoisotopic (exact) mass is 312 g/mol. The van der Waals surface area contributed by atoms with E-state index in [4.69, 9.17) is 0 Å². The molecule has 1 aliphatic heterocycles. The largest absolute Gasteiger partial charge is 0.504 e. The van der Waals surface area contributed by atoms with Crippen LogP contribution >= 0.6 is 0 Å². The highest BCUT2D eigenvalue weighted by Gasteiger charge is 2.29. The Morgan fingerprint density at radius 1 is 1.43 bits per heavy atom. The second kappa shape index (κ2) is 6.13.